The summed E-state index contributed by atoms with van der Waals surface area (Å²) in [4.78, 5) is 18.9. The molecular weight excluding hydrogens is 402 g/mol. The van der Waals surface area contributed by atoms with E-state index in [-0.39, 0.29) is 12.0 Å². The van der Waals surface area contributed by atoms with Gasteiger partial charge in [0.25, 0.3) is 5.91 Å². The first-order chi connectivity index (χ1) is 14.7. The van der Waals surface area contributed by atoms with Crippen molar-refractivity contribution >= 4 is 28.4 Å². The van der Waals surface area contributed by atoms with Crippen molar-refractivity contribution in [3.8, 4) is 17.1 Å². The van der Waals surface area contributed by atoms with Crippen molar-refractivity contribution in [2.75, 3.05) is 13.1 Å². The van der Waals surface area contributed by atoms with Crippen LogP contribution in [0.2, 0.25) is 5.02 Å². The van der Waals surface area contributed by atoms with Gasteiger partial charge in [-0.15, -0.1) is 0 Å². The number of nitrogens with zero attached hydrogens (tertiary/aromatic N) is 3. The quantitative estimate of drug-likeness (QED) is 0.473. The lowest BCUT2D eigenvalue weighted by molar-refractivity contribution is 0.0772. The van der Waals surface area contributed by atoms with Crippen LogP contribution in [0.3, 0.4) is 0 Å². The topological polar surface area (TPSA) is 68.5 Å². The highest BCUT2D eigenvalue weighted by atomic mass is 35.5. The predicted octanol–water partition coefficient (Wildman–Crippen LogP) is 4.84. The number of fused-ring (bicyclic) bond motifs is 1. The summed E-state index contributed by atoms with van der Waals surface area (Å²) in [5.41, 5.74) is 2.25. The van der Waals surface area contributed by atoms with Crippen LogP contribution < -0.4 is 4.74 Å². The van der Waals surface area contributed by atoms with Crippen LogP contribution in [0.25, 0.3) is 22.2 Å². The van der Waals surface area contributed by atoms with Crippen molar-refractivity contribution in [1.82, 2.24) is 15.0 Å². The molecule has 5 rings (SSSR count). The number of benzene rings is 2. The number of ether oxygens (including phenoxy) is 1. The lowest BCUT2D eigenvalue weighted by Gasteiger charge is -2.17. The van der Waals surface area contributed by atoms with Gasteiger partial charge in [0.2, 0.25) is 0 Å². The molecule has 150 valence electrons. The van der Waals surface area contributed by atoms with Crippen molar-refractivity contribution in [2.24, 2.45) is 0 Å². The van der Waals surface area contributed by atoms with Gasteiger partial charge in [-0.05, 0) is 18.2 Å². The number of pyridine rings is 1. The smallest absolute Gasteiger partial charge is 0.254 e. The van der Waals surface area contributed by atoms with Crippen molar-refractivity contribution < 1.29 is 14.1 Å². The second-order valence-electron chi connectivity index (χ2n) is 7.20. The average molecular weight is 420 g/mol. The summed E-state index contributed by atoms with van der Waals surface area (Å²) < 4.78 is 11.5. The summed E-state index contributed by atoms with van der Waals surface area (Å²) in [6.07, 6.45) is 3.83. The minimum atomic E-state index is -0.104. The standard InChI is InChI=1S/C23H18ClN3O3/c24-19-13-25-10-8-21(19)29-17-9-11-27(14-17)23(28)16-6-7-20-18(12-16)22(30-26-20)15-4-2-1-3-5-15/h1-8,10,12-13,17H,9,11,14H2. The van der Waals surface area contributed by atoms with Gasteiger partial charge in [-0.1, -0.05) is 47.1 Å². The van der Waals surface area contributed by atoms with Crippen LogP contribution in [0.15, 0.2) is 71.5 Å². The fourth-order valence-corrected chi connectivity index (χ4v) is 3.87. The number of halogens is 1. The molecule has 0 spiro atoms. The van der Waals surface area contributed by atoms with E-state index in [0.29, 0.717) is 35.2 Å². The van der Waals surface area contributed by atoms with Gasteiger partial charge in [-0.25, -0.2) is 0 Å². The van der Waals surface area contributed by atoms with Crippen LogP contribution in [0.5, 0.6) is 5.75 Å². The van der Waals surface area contributed by atoms with Gasteiger partial charge >= 0.3 is 0 Å². The van der Waals surface area contributed by atoms with Gasteiger partial charge in [-0.3, -0.25) is 9.78 Å². The van der Waals surface area contributed by atoms with E-state index in [1.165, 1.54) is 0 Å². The molecule has 7 heteroatoms. The zero-order valence-electron chi connectivity index (χ0n) is 16.0. The van der Waals surface area contributed by atoms with Gasteiger partial charge in [0.1, 0.15) is 22.4 Å². The summed E-state index contributed by atoms with van der Waals surface area (Å²) in [5, 5.41) is 5.41. The van der Waals surface area contributed by atoms with E-state index < -0.39 is 0 Å². The van der Waals surface area contributed by atoms with E-state index in [2.05, 4.69) is 10.1 Å². The minimum absolute atomic E-state index is 0.0379. The second kappa shape index (κ2) is 7.80. The molecule has 2 aromatic carbocycles. The number of carbonyl (C=O) groups excluding carboxylic acids is 1. The number of carbonyl (C=O) groups is 1. The molecule has 1 saturated heterocycles. The Morgan fingerprint density at radius 1 is 1.17 bits per heavy atom. The predicted molar refractivity (Wildman–Crippen MR) is 114 cm³/mol. The Morgan fingerprint density at radius 2 is 2.03 bits per heavy atom. The van der Waals surface area contributed by atoms with E-state index in [9.17, 15) is 4.79 Å². The normalized spacial score (nSPS) is 16.2. The van der Waals surface area contributed by atoms with Gasteiger partial charge in [0.15, 0.2) is 5.76 Å². The molecule has 30 heavy (non-hydrogen) atoms. The summed E-state index contributed by atoms with van der Waals surface area (Å²) in [6.45, 7) is 1.13. The van der Waals surface area contributed by atoms with Crippen LogP contribution >= 0.6 is 11.6 Å². The van der Waals surface area contributed by atoms with Crippen molar-refractivity contribution in [2.45, 2.75) is 12.5 Å². The SMILES string of the molecule is O=C(c1ccc2noc(-c3ccccc3)c2c1)N1CCC(Oc2ccncc2Cl)C1. The second-order valence-corrected chi connectivity index (χ2v) is 7.60. The molecular formula is C23H18ClN3O3. The lowest BCUT2D eigenvalue weighted by atomic mass is 10.1. The van der Waals surface area contributed by atoms with Crippen molar-refractivity contribution in [1.29, 1.82) is 0 Å². The molecule has 0 radical (unpaired) electrons. The van der Waals surface area contributed by atoms with Gasteiger partial charge < -0.3 is 14.2 Å². The number of hydrogen-bond acceptors (Lipinski definition) is 5. The lowest BCUT2D eigenvalue weighted by Crippen LogP contribution is -2.30. The first-order valence-corrected chi connectivity index (χ1v) is 10.1. The summed E-state index contributed by atoms with van der Waals surface area (Å²) >= 11 is 6.12. The van der Waals surface area contributed by atoms with E-state index in [1.807, 2.05) is 42.5 Å². The average Bonchev–Trinajstić information content (AvgIpc) is 3.42. The fourth-order valence-electron chi connectivity index (χ4n) is 3.70. The van der Waals surface area contributed by atoms with Crippen LogP contribution in [0, 0.1) is 0 Å². The number of hydrogen-bond donors (Lipinski definition) is 0. The highest BCUT2D eigenvalue weighted by Gasteiger charge is 2.29. The first-order valence-electron chi connectivity index (χ1n) is 9.69. The maximum atomic E-state index is 13.1. The Bertz CT molecular complexity index is 1210. The Labute approximate surface area is 178 Å². The van der Waals surface area contributed by atoms with Crippen molar-refractivity contribution in [3.63, 3.8) is 0 Å². The molecule has 1 fully saturated rings. The Kier molecular flexibility index (Phi) is 4.85. The molecule has 0 saturated carbocycles. The highest BCUT2D eigenvalue weighted by molar-refractivity contribution is 6.31. The molecule has 0 aliphatic carbocycles. The molecule has 1 atom stereocenters. The largest absolute Gasteiger partial charge is 0.487 e. The molecule has 1 amide bonds. The monoisotopic (exact) mass is 419 g/mol. The molecule has 0 bridgehead atoms. The third kappa shape index (κ3) is 3.50. The van der Waals surface area contributed by atoms with Crippen LogP contribution in [0.4, 0.5) is 0 Å². The maximum absolute atomic E-state index is 13.1. The van der Waals surface area contributed by atoms with Gasteiger partial charge in [-0.2, -0.15) is 0 Å². The number of rotatable bonds is 4. The van der Waals surface area contributed by atoms with E-state index >= 15 is 0 Å². The molecule has 6 nitrogen and oxygen atoms in total. The summed E-state index contributed by atoms with van der Waals surface area (Å²) in [6, 6.07) is 16.9. The minimum Gasteiger partial charge on any atom is -0.487 e. The van der Waals surface area contributed by atoms with E-state index in [4.69, 9.17) is 20.9 Å². The van der Waals surface area contributed by atoms with Crippen LogP contribution in [0.1, 0.15) is 16.8 Å². The van der Waals surface area contributed by atoms with Crippen LogP contribution in [-0.2, 0) is 0 Å². The van der Waals surface area contributed by atoms with E-state index in [1.54, 1.807) is 29.4 Å². The third-order valence-electron chi connectivity index (χ3n) is 5.22. The fraction of sp³-hybridized carbons (Fsp3) is 0.174. The maximum Gasteiger partial charge on any atom is 0.254 e. The number of amides is 1. The number of likely N-dealkylation sites (tertiary alicyclic amines) is 1. The molecule has 4 aromatic rings. The molecule has 1 aliphatic heterocycles. The summed E-state index contributed by atoms with van der Waals surface area (Å²) in [7, 11) is 0. The zero-order chi connectivity index (χ0) is 20.5. The van der Waals surface area contributed by atoms with E-state index in [0.717, 1.165) is 22.9 Å². The first kappa shape index (κ1) is 18.6. The van der Waals surface area contributed by atoms with Gasteiger partial charge in [0, 0.05) is 42.6 Å². The zero-order valence-corrected chi connectivity index (χ0v) is 16.7. The third-order valence-corrected chi connectivity index (χ3v) is 5.50. The Hall–Kier alpha value is -3.38. The number of aromatic nitrogens is 2. The van der Waals surface area contributed by atoms with Gasteiger partial charge in [0.05, 0.1) is 11.9 Å². The molecule has 0 N–H and O–H groups in total. The molecule has 1 aliphatic rings. The molecule has 1 unspecified atom stereocenters. The summed E-state index contributed by atoms with van der Waals surface area (Å²) in [5.74, 6) is 1.21. The Morgan fingerprint density at radius 3 is 2.87 bits per heavy atom. The Balaban J connectivity index is 1.36. The van der Waals surface area contributed by atoms with Crippen LogP contribution in [-0.4, -0.2) is 40.1 Å². The highest BCUT2D eigenvalue weighted by Crippen LogP contribution is 2.30. The molecule has 2 aromatic heterocycles. The van der Waals surface area contributed by atoms with Crippen molar-refractivity contribution in [3.05, 3.63) is 77.6 Å². The molecule has 3 heterocycles.